The van der Waals surface area contributed by atoms with Crippen molar-refractivity contribution in [2.75, 3.05) is 26.8 Å². The molecule has 0 spiro atoms. The van der Waals surface area contributed by atoms with Gasteiger partial charge < -0.3 is 9.84 Å². The highest BCUT2D eigenvalue weighted by Crippen LogP contribution is 2.25. The van der Waals surface area contributed by atoms with Crippen LogP contribution in [-0.4, -0.2) is 44.6 Å². The SMILES string of the molecule is COCCN(CC(C)C)S(=O)(=O)c1ccc(CO)s1. The van der Waals surface area contributed by atoms with Gasteiger partial charge in [-0.25, -0.2) is 8.42 Å². The first-order chi connectivity index (χ1) is 8.91. The van der Waals surface area contributed by atoms with Crippen LogP contribution < -0.4 is 0 Å². The molecule has 0 saturated heterocycles. The van der Waals surface area contributed by atoms with E-state index in [2.05, 4.69) is 0 Å². The quantitative estimate of drug-likeness (QED) is 0.791. The Morgan fingerprint density at radius 3 is 2.58 bits per heavy atom. The molecule has 0 aromatic carbocycles. The fourth-order valence-electron chi connectivity index (χ4n) is 1.62. The summed E-state index contributed by atoms with van der Waals surface area (Å²) in [5, 5.41) is 9.02. The van der Waals surface area contributed by atoms with Crippen LogP contribution in [0.5, 0.6) is 0 Å². The Labute approximate surface area is 118 Å². The van der Waals surface area contributed by atoms with Crippen LogP contribution >= 0.6 is 11.3 Å². The molecule has 0 fully saturated rings. The summed E-state index contributed by atoms with van der Waals surface area (Å²) in [7, 11) is -1.95. The van der Waals surface area contributed by atoms with Gasteiger partial charge in [-0.1, -0.05) is 13.8 Å². The van der Waals surface area contributed by atoms with Crippen LogP contribution in [-0.2, 0) is 21.4 Å². The van der Waals surface area contributed by atoms with Crippen LogP contribution in [0.15, 0.2) is 16.3 Å². The number of nitrogens with zero attached hydrogens (tertiary/aromatic N) is 1. The van der Waals surface area contributed by atoms with Crippen molar-refractivity contribution < 1.29 is 18.3 Å². The molecule has 7 heteroatoms. The van der Waals surface area contributed by atoms with Crippen LogP contribution in [0.2, 0.25) is 0 Å². The second-order valence-corrected chi connectivity index (χ2v) is 7.96. The van der Waals surface area contributed by atoms with Gasteiger partial charge in [-0.05, 0) is 18.1 Å². The van der Waals surface area contributed by atoms with E-state index < -0.39 is 10.0 Å². The molecule has 5 nitrogen and oxygen atoms in total. The summed E-state index contributed by atoms with van der Waals surface area (Å²) in [5.74, 6) is 0.240. The molecular formula is C12H21NO4S2. The third-order valence-electron chi connectivity index (χ3n) is 2.50. The van der Waals surface area contributed by atoms with E-state index in [0.29, 0.717) is 24.6 Å². The predicted octanol–water partition coefficient (Wildman–Crippen LogP) is 1.53. The molecule has 1 rings (SSSR count). The average Bonchev–Trinajstić information content (AvgIpc) is 2.83. The number of thiophene rings is 1. The van der Waals surface area contributed by atoms with Crippen molar-refractivity contribution in [2.24, 2.45) is 5.92 Å². The number of methoxy groups -OCH3 is 1. The highest BCUT2D eigenvalue weighted by Gasteiger charge is 2.26. The van der Waals surface area contributed by atoms with E-state index in [4.69, 9.17) is 9.84 Å². The Balaban J connectivity index is 2.96. The van der Waals surface area contributed by atoms with E-state index in [9.17, 15) is 8.42 Å². The largest absolute Gasteiger partial charge is 0.391 e. The Morgan fingerprint density at radius 1 is 1.42 bits per heavy atom. The Kier molecular flexibility index (Phi) is 6.41. The van der Waals surface area contributed by atoms with E-state index in [-0.39, 0.29) is 16.7 Å². The molecule has 0 atom stereocenters. The van der Waals surface area contributed by atoms with Crippen molar-refractivity contribution in [1.29, 1.82) is 0 Å². The minimum absolute atomic E-state index is 0.136. The first-order valence-corrected chi connectivity index (χ1v) is 8.36. The lowest BCUT2D eigenvalue weighted by Crippen LogP contribution is -2.36. The van der Waals surface area contributed by atoms with Crippen molar-refractivity contribution in [2.45, 2.75) is 24.7 Å². The summed E-state index contributed by atoms with van der Waals surface area (Å²) in [6.45, 7) is 4.97. The van der Waals surface area contributed by atoms with Crippen LogP contribution in [0.3, 0.4) is 0 Å². The molecule has 0 amide bonds. The minimum Gasteiger partial charge on any atom is -0.391 e. The lowest BCUT2D eigenvalue weighted by molar-refractivity contribution is 0.175. The zero-order chi connectivity index (χ0) is 14.5. The number of sulfonamides is 1. The average molecular weight is 307 g/mol. The summed E-state index contributed by atoms with van der Waals surface area (Å²) in [6, 6.07) is 3.19. The van der Waals surface area contributed by atoms with Crippen molar-refractivity contribution in [3.05, 3.63) is 17.0 Å². The van der Waals surface area contributed by atoms with Gasteiger partial charge in [-0.15, -0.1) is 11.3 Å². The molecular weight excluding hydrogens is 286 g/mol. The van der Waals surface area contributed by atoms with Crippen LogP contribution in [0.25, 0.3) is 0 Å². The molecule has 0 aliphatic heterocycles. The summed E-state index contributed by atoms with van der Waals surface area (Å²) < 4.78 is 31.7. The van der Waals surface area contributed by atoms with Gasteiger partial charge >= 0.3 is 0 Å². The Hall–Kier alpha value is -0.470. The molecule has 110 valence electrons. The summed E-state index contributed by atoms with van der Waals surface area (Å²) in [5.41, 5.74) is 0. The van der Waals surface area contributed by atoms with E-state index in [1.165, 1.54) is 4.31 Å². The van der Waals surface area contributed by atoms with E-state index in [1.807, 2.05) is 13.8 Å². The number of ether oxygens (including phenoxy) is 1. The molecule has 1 aromatic rings. The molecule has 1 N–H and O–H groups in total. The lowest BCUT2D eigenvalue weighted by Gasteiger charge is -2.22. The van der Waals surface area contributed by atoms with Crippen LogP contribution in [0.1, 0.15) is 18.7 Å². The van der Waals surface area contributed by atoms with Crippen molar-refractivity contribution in [1.82, 2.24) is 4.31 Å². The molecule has 0 unspecified atom stereocenters. The van der Waals surface area contributed by atoms with Crippen LogP contribution in [0.4, 0.5) is 0 Å². The van der Waals surface area contributed by atoms with Gasteiger partial charge in [-0.2, -0.15) is 4.31 Å². The van der Waals surface area contributed by atoms with Gasteiger partial charge in [0.25, 0.3) is 10.0 Å². The van der Waals surface area contributed by atoms with Gasteiger partial charge in [0.05, 0.1) is 13.2 Å². The number of aliphatic hydroxyl groups excluding tert-OH is 1. The van der Waals surface area contributed by atoms with Crippen molar-refractivity contribution in [3.63, 3.8) is 0 Å². The predicted molar refractivity (Wildman–Crippen MR) is 75.7 cm³/mol. The van der Waals surface area contributed by atoms with Crippen LogP contribution in [0, 0.1) is 5.92 Å². The summed E-state index contributed by atoms with van der Waals surface area (Å²) in [6.07, 6.45) is 0. The zero-order valence-corrected chi connectivity index (χ0v) is 13.1. The summed E-state index contributed by atoms with van der Waals surface area (Å²) >= 11 is 1.11. The summed E-state index contributed by atoms with van der Waals surface area (Å²) in [4.78, 5) is 0.648. The van der Waals surface area contributed by atoms with Crippen molar-refractivity contribution >= 4 is 21.4 Å². The van der Waals surface area contributed by atoms with Gasteiger partial charge in [-0.3, -0.25) is 0 Å². The van der Waals surface area contributed by atoms with E-state index in [1.54, 1.807) is 19.2 Å². The monoisotopic (exact) mass is 307 g/mol. The number of rotatable bonds is 8. The van der Waals surface area contributed by atoms with Crippen molar-refractivity contribution in [3.8, 4) is 0 Å². The highest BCUT2D eigenvalue weighted by molar-refractivity contribution is 7.91. The maximum Gasteiger partial charge on any atom is 0.252 e. The molecule has 1 aromatic heterocycles. The second kappa shape index (κ2) is 7.35. The lowest BCUT2D eigenvalue weighted by atomic mass is 10.2. The standard InChI is InChI=1S/C12H21NO4S2/c1-10(2)8-13(6-7-17-3)19(15,16)12-5-4-11(9-14)18-12/h4-5,10,14H,6-9H2,1-3H3. The molecule has 0 saturated carbocycles. The molecule has 0 aliphatic rings. The molecule has 0 radical (unpaired) electrons. The zero-order valence-electron chi connectivity index (χ0n) is 11.5. The molecule has 19 heavy (non-hydrogen) atoms. The van der Waals surface area contributed by atoms with E-state index >= 15 is 0 Å². The minimum atomic E-state index is -3.50. The first-order valence-electron chi connectivity index (χ1n) is 6.10. The van der Waals surface area contributed by atoms with Gasteiger partial charge in [0, 0.05) is 25.1 Å². The number of hydrogen-bond acceptors (Lipinski definition) is 5. The third-order valence-corrected chi connectivity index (χ3v) is 5.90. The fourth-order valence-corrected chi connectivity index (χ4v) is 4.58. The molecule has 0 aliphatic carbocycles. The topological polar surface area (TPSA) is 66.8 Å². The smallest absolute Gasteiger partial charge is 0.252 e. The Bertz CT molecular complexity index is 482. The first kappa shape index (κ1) is 16.6. The number of hydrogen-bond donors (Lipinski definition) is 1. The maximum atomic E-state index is 12.5. The normalized spacial score (nSPS) is 12.5. The van der Waals surface area contributed by atoms with E-state index in [0.717, 1.165) is 11.3 Å². The number of aliphatic hydroxyl groups is 1. The van der Waals surface area contributed by atoms with Gasteiger partial charge in [0.2, 0.25) is 0 Å². The Morgan fingerprint density at radius 2 is 2.11 bits per heavy atom. The molecule has 0 bridgehead atoms. The fraction of sp³-hybridized carbons (Fsp3) is 0.667. The second-order valence-electron chi connectivity index (χ2n) is 4.63. The third kappa shape index (κ3) is 4.54. The van der Waals surface area contributed by atoms with Gasteiger partial charge in [0.1, 0.15) is 4.21 Å². The molecule has 1 heterocycles. The maximum absolute atomic E-state index is 12.5. The van der Waals surface area contributed by atoms with Gasteiger partial charge in [0.15, 0.2) is 0 Å². The highest BCUT2D eigenvalue weighted by atomic mass is 32.2.